The molecule has 0 aliphatic heterocycles. The minimum atomic E-state index is -0.988. The molecule has 0 aliphatic carbocycles. The maximum absolute atomic E-state index is 11.0. The number of aryl methyl sites for hydroxylation is 2. The van der Waals surface area contributed by atoms with E-state index in [2.05, 4.69) is 10.1 Å². The van der Waals surface area contributed by atoms with Crippen LogP contribution in [0.25, 0.3) is 10.6 Å². The Morgan fingerprint density at radius 1 is 1.53 bits per heavy atom. The van der Waals surface area contributed by atoms with Gasteiger partial charge in [0.15, 0.2) is 5.69 Å². The Kier molecular flexibility index (Phi) is 2.28. The summed E-state index contributed by atoms with van der Waals surface area (Å²) in [6, 6.07) is 0. The number of rotatable bonds is 2. The van der Waals surface area contributed by atoms with Crippen molar-refractivity contribution in [3.05, 3.63) is 23.0 Å². The maximum atomic E-state index is 11.0. The summed E-state index contributed by atoms with van der Waals surface area (Å²) in [6.45, 7) is 1.93. The fourth-order valence-corrected chi connectivity index (χ4v) is 2.10. The van der Waals surface area contributed by atoms with Gasteiger partial charge in [0.1, 0.15) is 5.01 Å². The lowest BCUT2D eigenvalue weighted by atomic mass is 10.2. The monoisotopic (exact) mass is 223 g/mol. The van der Waals surface area contributed by atoms with Gasteiger partial charge in [0.2, 0.25) is 0 Å². The molecule has 0 spiro atoms. The van der Waals surface area contributed by atoms with E-state index in [0.717, 1.165) is 4.88 Å². The molecule has 0 unspecified atom stereocenters. The van der Waals surface area contributed by atoms with E-state index in [0.29, 0.717) is 10.6 Å². The van der Waals surface area contributed by atoms with Gasteiger partial charge in [-0.2, -0.15) is 5.10 Å². The third-order valence-corrected chi connectivity index (χ3v) is 2.94. The molecule has 0 amide bonds. The topological polar surface area (TPSA) is 68.0 Å². The summed E-state index contributed by atoms with van der Waals surface area (Å²) in [5.74, 6) is -0.988. The molecule has 1 N–H and O–H groups in total. The van der Waals surface area contributed by atoms with E-state index in [-0.39, 0.29) is 5.69 Å². The number of aromatic nitrogens is 3. The highest BCUT2D eigenvalue weighted by molar-refractivity contribution is 7.15. The molecular formula is C9H9N3O2S. The molecule has 0 bridgehead atoms. The molecule has 0 aromatic carbocycles. The van der Waals surface area contributed by atoms with Crippen molar-refractivity contribution in [1.29, 1.82) is 0 Å². The van der Waals surface area contributed by atoms with Crippen molar-refractivity contribution in [3.8, 4) is 10.6 Å². The SMILES string of the molecule is Cc1cnc(-c2cnn(C)c2C(=O)O)s1. The van der Waals surface area contributed by atoms with Gasteiger partial charge in [0, 0.05) is 18.1 Å². The molecule has 2 aromatic rings. The zero-order chi connectivity index (χ0) is 11.0. The van der Waals surface area contributed by atoms with Crippen molar-refractivity contribution in [2.24, 2.45) is 7.05 Å². The molecule has 2 aromatic heterocycles. The van der Waals surface area contributed by atoms with Crippen LogP contribution in [0, 0.1) is 6.92 Å². The first-order valence-electron chi connectivity index (χ1n) is 4.27. The van der Waals surface area contributed by atoms with E-state index in [1.54, 1.807) is 13.2 Å². The van der Waals surface area contributed by atoms with Crippen LogP contribution in [0.5, 0.6) is 0 Å². The zero-order valence-electron chi connectivity index (χ0n) is 8.26. The van der Waals surface area contributed by atoms with Gasteiger partial charge in [-0.15, -0.1) is 11.3 Å². The molecule has 15 heavy (non-hydrogen) atoms. The predicted molar refractivity (Wildman–Crippen MR) is 56.0 cm³/mol. The van der Waals surface area contributed by atoms with Crippen LogP contribution >= 0.6 is 11.3 Å². The lowest BCUT2D eigenvalue weighted by Gasteiger charge is -1.97. The van der Waals surface area contributed by atoms with E-state index in [1.807, 2.05) is 6.92 Å². The summed E-state index contributed by atoms with van der Waals surface area (Å²) in [6.07, 6.45) is 3.25. The Labute approximate surface area is 90.0 Å². The summed E-state index contributed by atoms with van der Waals surface area (Å²) in [7, 11) is 1.60. The smallest absolute Gasteiger partial charge is 0.354 e. The van der Waals surface area contributed by atoms with Crippen LogP contribution in [0.15, 0.2) is 12.4 Å². The fourth-order valence-electron chi connectivity index (χ4n) is 1.33. The standard InChI is InChI=1S/C9H9N3O2S/c1-5-3-10-8(15-5)6-4-11-12(2)7(6)9(13)14/h3-4H,1-2H3,(H,13,14). The first kappa shape index (κ1) is 9.85. The van der Waals surface area contributed by atoms with Crippen molar-refractivity contribution in [2.75, 3.05) is 0 Å². The minimum absolute atomic E-state index is 0.171. The van der Waals surface area contributed by atoms with Gasteiger partial charge in [-0.05, 0) is 6.92 Å². The van der Waals surface area contributed by atoms with E-state index in [9.17, 15) is 4.79 Å². The van der Waals surface area contributed by atoms with Crippen LogP contribution < -0.4 is 0 Å². The van der Waals surface area contributed by atoms with Gasteiger partial charge in [-0.25, -0.2) is 9.78 Å². The number of carbonyl (C=O) groups is 1. The number of aromatic carboxylic acids is 1. The molecule has 2 heterocycles. The molecule has 2 rings (SSSR count). The second kappa shape index (κ2) is 3.47. The highest BCUT2D eigenvalue weighted by atomic mass is 32.1. The average Bonchev–Trinajstić information content (AvgIpc) is 2.71. The van der Waals surface area contributed by atoms with Crippen LogP contribution in [0.1, 0.15) is 15.4 Å². The maximum Gasteiger partial charge on any atom is 0.354 e. The van der Waals surface area contributed by atoms with Crippen LogP contribution in [-0.4, -0.2) is 25.8 Å². The minimum Gasteiger partial charge on any atom is -0.477 e. The molecule has 6 heteroatoms. The van der Waals surface area contributed by atoms with Gasteiger partial charge in [-0.3, -0.25) is 4.68 Å². The van der Waals surface area contributed by atoms with Crippen molar-refractivity contribution in [2.45, 2.75) is 6.92 Å². The molecule has 0 saturated heterocycles. The molecule has 0 radical (unpaired) electrons. The van der Waals surface area contributed by atoms with Crippen molar-refractivity contribution in [1.82, 2.24) is 14.8 Å². The molecule has 0 atom stereocenters. The normalized spacial score (nSPS) is 10.5. The number of hydrogen-bond donors (Lipinski definition) is 1. The van der Waals surface area contributed by atoms with E-state index >= 15 is 0 Å². The first-order valence-corrected chi connectivity index (χ1v) is 5.09. The van der Waals surface area contributed by atoms with Crippen LogP contribution in [0.3, 0.4) is 0 Å². The van der Waals surface area contributed by atoms with Crippen LogP contribution in [0.4, 0.5) is 0 Å². The lowest BCUT2D eigenvalue weighted by Crippen LogP contribution is -2.06. The third-order valence-electron chi connectivity index (χ3n) is 1.99. The Morgan fingerprint density at radius 3 is 2.80 bits per heavy atom. The Hall–Kier alpha value is -1.69. The van der Waals surface area contributed by atoms with Gasteiger partial charge >= 0.3 is 5.97 Å². The number of nitrogens with zero attached hydrogens (tertiary/aromatic N) is 3. The third kappa shape index (κ3) is 1.63. The molecule has 0 saturated carbocycles. The Balaban J connectivity index is 2.58. The highest BCUT2D eigenvalue weighted by Gasteiger charge is 2.18. The van der Waals surface area contributed by atoms with Crippen molar-refractivity contribution in [3.63, 3.8) is 0 Å². The van der Waals surface area contributed by atoms with Gasteiger partial charge in [0.25, 0.3) is 0 Å². The van der Waals surface area contributed by atoms with Gasteiger partial charge in [0.05, 0.1) is 11.8 Å². The summed E-state index contributed by atoms with van der Waals surface area (Å²) in [4.78, 5) is 16.2. The zero-order valence-corrected chi connectivity index (χ0v) is 9.08. The molecular weight excluding hydrogens is 214 g/mol. The molecule has 0 aliphatic rings. The van der Waals surface area contributed by atoms with Gasteiger partial charge < -0.3 is 5.11 Å². The van der Waals surface area contributed by atoms with E-state index in [4.69, 9.17) is 5.11 Å². The van der Waals surface area contributed by atoms with Crippen LogP contribution in [-0.2, 0) is 7.05 Å². The summed E-state index contributed by atoms with van der Waals surface area (Å²) in [5, 5.41) is 13.6. The second-order valence-corrected chi connectivity index (χ2v) is 4.35. The fraction of sp³-hybridized carbons (Fsp3) is 0.222. The molecule has 78 valence electrons. The van der Waals surface area contributed by atoms with E-state index in [1.165, 1.54) is 22.2 Å². The molecule has 0 fully saturated rings. The largest absolute Gasteiger partial charge is 0.477 e. The van der Waals surface area contributed by atoms with Crippen LogP contribution in [0.2, 0.25) is 0 Å². The summed E-state index contributed by atoms with van der Waals surface area (Å²) in [5.41, 5.74) is 0.743. The van der Waals surface area contributed by atoms with Gasteiger partial charge in [-0.1, -0.05) is 0 Å². The molecule has 5 nitrogen and oxygen atoms in total. The van der Waals surface area contributed by atoms with Crippen molar-refractivity contribution >= 4 is 17.3 Å². The predicted octanol–water partition coefficient (Wildman–Crippen LogP) is 1.55. The number of thiazole rings is 1. The first-order chi connectivity index (χ1) is 7.09. The van der Waals surface area contributed by atoms with Crippen molar-refractivity contribution < 1.29 is 9.90 Å². The Morgan fingerprint density at radius 2 is 2.27 bits per heavy atom. The number of hydrogen-bond acceptors (Lipinski definition) is 4. The lowest BCUT2D eigenvalue weighted by molar-refractivity contribution is 0.0686. The number of carboxylic acids is 1. The summed E-state index contributed by atoms with van der Waals surface area (Å²) < 4.78 is 1.34. The average molecular weight is 223 g/mol. The Bertz CT molecular complexity index is 515. The second-order valence-electron chi connectivity index (χ2n) is 3.11. The summed E-state index contributed by atoms with van der Waals surface area (Å²) >= 11 is 1.46. The number of carboxylic acid groups (broad SMARTS) is 1. The highest BCUT2D eigenvalue weighted by Crippen LogP contribution is 2.27. The van der Waals surface area contributed by atoms with E-state index < -0.39 is 5.97 Å². The quantitative estimate of drug-likeness (QED) is 0.838.